The number of carbonyl (C=O) groups excluding carboxylic acids is 1. The second-order valence-electron chi connectivity index (χ2n) is 4.14. The van der Waals surface area contributed by atoms with E-state index in [-0.39, 0.29) is 5.78 Å². The Labute approximate surface area is 110 Å². The van der Waals surface area contributed by atoms with Crippen molar-refractivity contribution in [3.05, 3.63) is 21.3 Å². The molecule has 0 radical (unpaired) electrons. The van der Waals surface area contributed by atoms with Gasteiger partial charge in [0.25, 0.3) is 0 Å². The van der Waals surface area contributed by atoms with Crippen LogP contribution in [-0.4, -0.2) is 29.8 Å². The van der Waals surface area contributed by atoms with Crippen LogP contribution in [0.2, 0.25) is 4.34 Å². The molecule has 5 heteroatoms. The lowest BCUT2D eigenvalue weighted by molar-refractivity contribution is 0.0930. The van der Waals surface area contributed by atoms with Crippen LogP contribution >= 0.6 is 22.9 Å². The Morgan fingerprint density at radius 2 is 2.35 bits per heavy atom. The molecule has 0 atom stereocenters. The van der Waals surface area contributed by atoms with E-state index in [1.54, 1.807) is 12.1 Å². The van der Waals surface area contributed by atoms with Crippen LogP contribution in [0.25, 0.3) is 0 Å². The van der Waals surface area contributed by atoms with Gasteiger partial charge < -0.3 is 0 Å². The SMILES string of the molecule is N#CCCN(CC(=O)c1ccc(Cl)s1)C1CC1. The highest BCUT2D eigenvalue weighted by Crippen LogP contribution is 2.28. The van der Waals surface area contributed by atoms with Gasteiger partial charge in [-0.05, 0) is 25.0 Å². The van der Waals surface area contributed by atoms with Crippen LogP contribution in [0.1, 0.15) is 28.9 Å². The minimum Gasteiger partial charge on any atom is -0.292 e. The summed E-state index contributed by atoms with van der Waals surface area (Å²) in [4.78, 5) is 14.8. The summed E-state index contributed by atoms with van der Waals surface area (Å²) < 4.78 is 0.642. The fraction of sp³-hybridized carbons (Fsp3) is 0.500. The molecule has 0 spiro atoms. The van der Waals surface area contributed by atoms with Gasteiger partial charge in [-0.15, -0.1) is 11.3 Å². The van der Waals surface area contributed by atoms with E-state index in [9.17, 15) is 4.79 Å². The van der Waals surface area contributed by atoms with E-state index >= 15 is 0 Å². The van der Waals surface area contributed by atoms with Crippen LogP contribution in [0.15, 0.2) is 12.1 Å². The molecule has 0 unspecified atom stereocenters. The molecule has 1 aromatic heterocycles. The number of nitriles is 1. The number of Topliss-reactive ketones (excluding diaryl/α,β-unsaturated/α-hetero) is 1. The molecular weight excluding hydrogens is 256 g/mol. The zero-order valence-electron chi connectivity index (χ0n) is 9.36. The van der Waals surface area contributed by atoms with Crippen molar-refractivity contribution < 1.29 is 4.79 Å². The molecule has 3 nitrogen and oxygen atoms in total. The Bertz CT molecular complexity index is 448. The van der Waals surface area contributed by atoms with Crippen molar-refractivity contribution in [3.8, 4) is 6.07 Å². The lowest BCUT2D eigenvalue weighted by Crippen LogP contribution is -2.32. The fourth-order valence-corrected chi connectivity index (χ4v) is 2.72. The predicted octanol–water partition coefficient (Wildman–Crippen LogP) is 2.96. The zero-order chi connectivity index (χ0) is 12.3. The molecule has 1 aliphatic rings. The first kappa shape index (κ1) is 12.6. The minimum atomic E-state index is 0.103. The van der Waals surface area contributed by atoms with Gasteiger partial charge >= 0.3 is 0 Å². The van der Waals surface area contributed by atoms with E-state index in [0.29, 0.717) is 34.8 Å². The molecule has 0 aliphatic heterocycles. The third-order valence-electron chi connectivity index (χ3n) is 2.77. The average molecular weight is 269 g/mol. The highest BCUT2D eigenvalue weighted by Gasteiger charge is 2.30. The third kappa shape index (κ3) is 3.53. The highest BCUT2D eigenvalue weighted by atomic mass is 35.5. The maximum absolute atomic E-state index is 12.0. The number of thiophene rings is 1. The lowest BCUT2D eigenvalue weighted by Gasteiger charge is -2.18. The first-order valence-electron chi connectivity index (χ1n) is 5.60. The Morgan fingerprint density at radius 1 is 1.59 bits per heavy atom. The maximum atomic E-state index is 12.0. The molecule has 1 aromatic rings. The second-order valence-corrected chi connectivity index (χ2v) is 5.85. The number of nitrogens with zero attached hydrogens (tertiary/aromatic N) is 2. The average Bonchev–Trinajstić information content (AvgIpc) is 3.06. The molecule has 90 valence electrons. The third-order valence-corrected chi connectivity index (χ3v) is 4.04. The lowest BCUT2D eigenvalue weighted by atomic mass is 10.2. The molecule has 0 N–H and O–H groups in total. The van der Waals surface area contributed by atoms with Crippen LogP contribution in [-0.2, 0) is 0 Å². The van der Waals surface area contributed by atoms with Gasteiger partial charge in [-0.2, -0.15) is 5.26 Å². The molecule has 1 heterocycles. The van der Waals surface area contributed by atoms with Gasteiger partial charge in [0.2, 0.25) is 0 Å². The standard InChI is InChI=1S/C12H13ClN2OS/c13-12-5-4-11(17-12)10(16)8-15(7-1-6-14)9-2-3-9/h4-5,9H,1-3,7-8H2. The number of rotatable bonds is 6. The molecule has 0 aromatic carbocycles. The predicted molar refractivity (Wildman–Crippen MR) is 68.5 cm³/mol. The first-order valence-corrected chi connectivity index (χ1v) is 6.79. The van der Waals surface area contributed by atoms with Crippen molar-refractivity contribution in [2.75, 3.05) is 13.1 Å². The summed E-state index contributed by atoms with van der Waals surface area (Å²) in [5.74, 6) is 0.103. The van der Waals surface area contributed by atoms with Crippen LogP contribution in [0, 0.1) is 11.3 Å². The number of ketones is 1. The fourth-order valence-electron chi connectivity index (χ4n) is 1.75. The van der Waals surface area contributed by atoms with Crippen molar-refractivity contribution in [1.29, 1.82) is 5.26 Å². The van der Waals surface area contributed by atoms with Crippen molar-refractivity contribution in [2.24, 2.45) is 0 Å². The molecule has 0 amide bonds. The van der Waals surface area contributed by atoms with Crippen molar-refractivity contribution in [2.45, 2.75) is 25.3 Å². The molecule has 1 saturated carbocycles. The molecule has 1 aliphatic carbocycles. The quantitative estimate of drug-likeness (QED) is 0.745. The molecule has 1 fully saturated rings. The smallest absolute Gasteiger partial charge is 0.186 e. The monoisotopic (exact) mass is 268 g/mol. The Morgan fingerprint density at radius 3 is 2.88 bits per heavy atom. The number of carbonyl (C=O) groups is 1. The minimum absolute atomic E-state index is 0.103. The summed E-state index contributed by atoms with van der Waals surface area (Å²) in [7, 11) is 0. The first-order chi connectivity index (χ1) is 8.20. The summed E-state index contributed by atoms with van der Waals surface area (Å²) in [5, 5.41) is 8.59. The topological polar surface area (TPSA) is 44.1 Å². The van der Waals surface area contributed by atoms with Crippen LogP contribution in [0.5, 0.6) is 0 Å². The van der Waals surface area contributed by atoms with Gasteiger partial charge in [0.05, 0.1) is 21.8 Å². The molecule has 2 rings (SSSR count). The van der Waals surface area contributed by atoms with Gasteiger partial charge in [0, 0.05) is 19.0 Å². The second kappa shape index (κ2) is 5.63. The van der Waals surface area contributed by atoms with E-state index in [4.69, 9.17) is 16.9 Å². The Balaban J connectivity index is 1.93. The summed E-state index contributed by atoms with van der Waals surface area (Å²) >= 11 is 7.13. The number of hydrogen-bond acceptors (Lipinski definition) is 4. The summed E-state index contributed by atoms with van der Waals surface area (Å²) in [5.41, 5.74) is 0. The van der Waals surface area contributed by atoms with E-state index < -0.39 is 0 Å². The van der Waals surface area contributed by atoms with Gasteiger partial charge in [-0.1, -0.05) is 11.6 Å². The highest BCUT2D eigenvalue weighted by molar-refractivity contribution is 7.18. The van der Waals surface area contributed by atoms with Crippen LogP contribution in [0.4, 0.5) is 0 Å². The summed E-state index contributed by atoms with van der Waals surface area (Å²) in [6.45, 7) is 1.09. The summed E-state index contributed by atoms with van der Waals surface area (Å²) in [6, 6.07) is 6.14. The van der Waals surface area contributed by atoms with E-state index in [0.717, 1.165) is 12.8 Å². The van der Waals surface area contributed by atoms with Crippen molar-refractivity contribution in [1.82, 2.24) is 4.90 Å². The molecular formula is C12H13ClN2OS. The molecule has 0 saturated heterocycles. The Hall–Kier alpha value is -0.890. The van der Waals surface area contributed by atoms with Gasteiger partial charge in [-0.25, -0.2) is 0 Å². The van der Waals surface area contributed by atoms with E-state index in [1.807, 2.05) is 0 Å². The van der Waals surface area contributed by atoms with Crippen molar-refractivity contribution >= 4 is 28.7 Å². The number of halogens is 1. The van der Waals surface area contributed by atoms with Gasteiger partial charge in [0.1, 0.15) is 0 Å². The van der Waals surface area contributed by atoms with E-state index in [2.05, 4.69) is 11.0 Å². The largest absolute Gasteiger partial charge is 0.292 e. The summed E-state index contributed by atoms with van der Waals surface area (Å²) in [6.07, 6.45) is 2.77. The van der Waals surface area contributed by atoms with Crippen LogP contribution < -0.4 is 0 Å². The normalized spacial score (nSPS) is 14.9. The molecule has 0 bridgehead atoms. The van der Waals surface area contributed by atoms with E-state index in [1.165, 1.54) is 11.3 Å². The van der Waals surface area contributed by atoms with Crippen LogP contribution in [0.3, 0.4) is 0 Å². The Kier molecular flexibility index (Phi) is 4.16. The zero-order valence-corrected chi connectivity index (χ0v) is 10.9. The number of hydrogen-bond donors (Lipinski definition) is 0. The van der Waals surface area contributed by atoms with Gasteiger partial charge in [0.15, 0.2) is 5.78 Å². The van der Waals surface area contributed by atoms with Gasteiger partial charge in [-0.3, -0.25) is 9.69 Å². The maximum Gasteiger partial charge on any atom is 0.186 e. The molecule has 17 heavy (non-hydrogen) atoms. The van der Waals surface area contributed by atoms with Crippen molar-refractivity contribution in [3.63, 3.8) is 0 Å².